The summed E-state index contributed by atoms with van der Waals surface area (Å²) < 4.78 is 5.23. The Morgan fingerprint density at radius 3 is 2.63 bits per heavy atom. The summed E-state index contributed by atoms with van der Waals surface area (Å²) in [6.07, 6.45) is 5.03. The van der Waals surface area contributed by atoms with Gasteiger partial charge >= 0.3 is 0 Å². The molecule has 2 unspecified atom stereocenters. The van der Waals surface area contributed by atoms with Gasteiger partial charge in [0.2, 0.25) is 0 Å². The van der Waals surface area contributed by atoms with E-state index in [4.69, 9.17) is 10.2 Å². The second-order valence-corrected chi connectivity index (χ2v) is 5.24. The first-order chi connectivity index (χ1) is 9.20. The SMILES string of the molecule is Cc1nc(-c2ccc(NC3CCC(N)C3)cc2)co1. The normalized spacial score (nSPS) is 22.6. The molecule has 0 spiro atoms. The van der Waals surface area contributed by atoms with Gasteiger partial charge < -0.3 is 15.5 Å². The Bertz CT molecular complexity index is 547. The van der Waals surface area contributed by atoms with E-state index >= 15 is 0 Å². The molecule has 19 heavy (non-hydrogen) atoms. The number of oxazole rings is 1. The maximum Gasteiger partial charge on any atom is 0.191 e. The molecule has 3 N–H and O–H groups in total. The lowest BCUT2D eigenvalue weighted by Gasteiger charge is -2.14. The van der Waals surface area contributed by atoms with Crippen molar-refractivity contribution in [3.8, 4) is 11.3 Å². The molecule has 2 aromatic rings. The van der Waals surface area contributed by atoms with E-state index in [9.17, 15) is 0 Å². The van der Waals surface area contributed by atoms with E-state index in [2.05, 4.69) is 34.6 Å². The fourth-order valence-electron chi connectivity index (χ4n) is 2.62. The predicted molar refractivity (Wildman–Crippen MR) is 75.9 cm³/mol. The molecule has 1 aliphatic rings. The summed E-state index contributed by atoms with van der Waals surface area (Å²) in [5.74, 6) is 0.692. The number of nitrogens with two attached hydrogens (primary N) is 1. The summed E-state index contributed by atoms with van der Waals surface area (Å²) in [4.78, 5) is 4.32. The smallest absolute Gasteiger partial charge is 0.191 e. The molecular formula is C15H19N3O. The molecule has 0 radical (unpaired) electrons. The van der Waals surface area contributed by atoms with Gasteiger partial charge in [0.15, 0.2) is 5.89 Å². The van der Waals surface area contributed by atoms with Crippen molar-refractivity contribution in [2.45, 2.75) is 38.3 Å². The molecule has 0 bridgehead atoms. The zero-order valence-electron chi connectivity index (χ0n) is 11.1. The number of aromatic nitrogens is 1. The molecule has 2 atom stereocenters. The van der Waals surface area contributed by atoms with Crippen LogP contribution in [0.3, 0.4) is 0 Å². The van der Waals surface area contributed by atoms with Crippen molar-refractivity contribution in [1.82, 2.24) is 4.98 Å². The fraction of sp³-hybridized carbons (Fsp3) is 0.400. The monoisotopic (exact) mass is 257 g/mol. The summed E-state index contributed by atoms with van der Waals surface area (Å²) in [5.41, 5.74) is 9.02. The summed E-state index contributed by atoms with van der Waals surface area (Å²) in [6.45, 7) is 1.85. The van der Waals surface area contributed by atoms with E-state index in [-0.39, 0.29) is 0 Å². The molecule has 0 saturated heterocycles. The van der Waals surface area contributed by atoms with E-state index < -0.39 is 0 Å². The number of benzene rings is 1. The molecule has 1 aromatic carbocycles. The molecule has 1 saturated carbocycles. The molecule has 4 nitrogen and oxygen atoms in total. The minimum Gasteiger partial charge on any atom is -0.449 e. The Balaban J connectivity index is 1.69. The van der Waals surface area contributed by atoms with Crippen LogP contribution in [-0.4, -0.2) is 17.1 Å². The standard InChI is InChI=1S/C15H19N3O/c1-10-17-15(9-19-10)11-2-5-13(6-3-11)18-14-7-4-12(16)8-14/h2-3,5-6,9,12,14,18H,4,7-8,16H2,1H3. The third-order valence-electron chi connectivity index (χ3n) is 3.64. The van der Waals surface area contributed by atoms with Crippen molar-refractivity contribution in [2.24, 2.45) is 5.73 Å². The molecule has 4 heteroatoms. The number of nitrogens with one attached hydrogen (secondary N) is 1. The van der Waals surface area contributed by atoms with Crippen molar-refractivity contribution in [1.29, 1.82) is 0 Å². The number of aryl methyl sites for hydroxylation is 1. The average Bonchev–Trinajstić information content (AvgIpc) is 3.00. The maximum absolute atomic E-state index is 5.92. The third-order valence-corrected chi connectivity index (χ3v) is 3.64. The lowest BCUT2D eigenvalue weighted by atomic mass is 10.1. The first-order valence-corrected chi connectivity index (χ1v) is 6.75. The lowest BCUT2D eigenvalue weighted by molar-refractivity contribution is 0.521. The van der Waals surface area contributed by atoms with Crippen LogP contribution in [0.1, 0.15) is 25.2 Å². The fourth-order valence-corrected chi connectivity index (χ4v) is 2.62. The Kier molecular flexibility index (Phi) is 3.25. The Morgan fingerprint density at radius 1 is 1.26 bits per heavy atom. The van der Waals surface area contributed by atoms with Gasteiger partial charge in [0, 0.05) is 30.3 Å². The maximum atomic E-state index is 5.92. The highest BCUT2D eigenvalue weighted by Gasteiger charge is 2.21. The predicted octanol–water partition coefficient (Wildman–Crippen LogP) is 2.94. The number of anilines is 1. The van der Waals surface area contributed by atoms with E-state index in [0.717, 1.165) is 36.2 Å². The Hall–Kier alpha value is -1.81. The van der Waals surface area contributed by atoms with Crippen LogP contribution in [-0.2, 0) is 0 Å². The highest BCUT2D eigenvalue weighted by Crippen LogP contribution is 2.24. The summed E-state index contributed by atoms with van der Waals surface area (Å²) in [6, 6.07) is 9.17. The van der Waals surface area contributed by atoms with Crippen LogP contribution in [0.15, 0.2) is 34.9 Å². The molecule has 3 rings (SSSR count). The minimum absolute atomic E-state index is 0.356. The molecule has 0 amide bonds. The van der Waals surface area contributed by atoms with Crippen molar-refractivity contribution in [3.05, 3.63) is 36.4 Å². The average molecular weight is 257 g/mol. The Morgan fingerprint density at radius 2 is 2.05 bits per heavy atom. The van der Waals surface area contributed by atoms with Gasteiger partial charge in [-0.3, -0.25) is 0 Å². The highest BCUT2D eigenvalue weighted by atomic mass is 16.3. The van der Waals surface area contributed by atoms with Crippen molar-refractivity contribution in [2.75, 3.05) is 5.32 Å². The van der Waals surface area contributed by atoms with Crippen LogP contribution in [0, 0.1) is 6.92 Å². The molecule has 100 valence electrons. The zero-order valence-corrected chi connectivity index (χ0v) is 11.1. The van der Waals surface area contributed by atoms with Gasteiger partial charge in [0.05, 0.1) is 0 Å². The van der Waals surface area contributed by atoms with E-state index in [1.807, 2.05) is 6.92 Å². The second-order valence-electron chi connectivity index (χ2n) is 5.24. The van der Waals surface area contributed by atoms with Gasteiger partial charge in [-0.25, -0.2) is 4.98 Å². The van der Waals surface area contributed by atoms with E-state index in [1.165, 1.54) is 0 Å². The van der Waals surface area contributed by atoms with Crippen LogP contribution >= 0.6 is 0 Å². The topological polar surface area (TPSA) is 64.1 Å². The van der Waals surface area contributed by atoms with Gasteiger partial charge in [0.25, 0.3) is 0 Å². The molecule has 1 aliphatic carbocycles. The Labute approximate surface area is 113 Å². The van der Waals surface area contributed by atoms with Gasteiger partial charge in [0.1, 0.15) is 12.0 Å². The van der Waals surface area contributed by atoms with Crippen LogP contribution in [0.5, 0.6) is 0 Å². The molecule has 1 fully saturated rings. The molecule has 1 aromatic heterocycles. The minimum atomic E-state index is 0.356. The second kappa shape index (κ2) is 5.05. The quantitative estimate of drug-likeness (QED) is 0.887. The molecular weight excluding hydrogens is 238 g/mol. The largest absolute Gasteiger partial charge is 0.449 e. The van der Waals surface area contributed by atoms with Crippen molar-refractivity contribution in [3.63, 3.8) is 0 Å². The van der Waals surface area contributed by atoms with E-state index in [0.29, 0.717) is 18.0 Å². The summed E-state index contributed by atoms with van der Waals surface area (Å²) in [5, 5.41) is 3.53. The lowest BCUT2D eigenvalue weighted by Crippen LogP contribution is -2.20. The molecule has 1 heterocycles. The summed E-state index contributed by atoms with van der Waals surface area (Å²) in [7, 11) is 0. The van der Waals surface area contributed by atoms with Crippen LogP contribution in [0.25, 0.3) is 11.3 Å². The number of hydrogen-bond acceptors (Lipinski definition) is 4. The molecule has 0 aliphatic heterocycles. The van der Waals surface area contributed by atoms with Crippen molar-refractivity contribution >= 4 is 5.69 Å². The summed E-state index contributed by atoms with van der Waals surface area (Å²) >= 11 is 0. The van der Waals surface area contributed by atoms with Crippen molar-refractivity contribution < 1.29 is 4.42 Å². The first kappa shape index (κ1) is 12.2. The van der Waals surface area contributed by atoms with Crippen LogP contribution in [0.4, 0.5) is 5.69 Å². The first-order valence-electron chi connectivity index (χ1n) is 6.75. The van der Waals surface area contributed by atoms with Crippen LogP contribution in [0.2, 0.25) is 0 Å². The number of nitrogens with zero attached hydrogens (tertiary/aromatic N) is 1. The van der Waals surface area contributed by atoms with Gasteiger partial charge in [-0.1, -0.05) is 12.1 Å². The third kappa shape index (κ3) is 2.79. The van der Waals surface area contributed by atoms with Gasteiger partial charge in [-0.15, -0.1) is 0 Å². The number of hydrogen-bond donors (Lipinski definition) is 2. The van der Waals surface area contributed by atoms with E-state index in [1.54, 1.807) is 6.26 Å². The van der Waals surface area contributed by atoms with Gasteiger partial charge in [-0.2, -0.15) is 0 Å². The van der Waals surface area contributed by atoms with Gasteiger partial charge in [-0.05, 0) is 31.4 Å². The highest BCUT2D eigenvalue weighted by molar-refractivity contribution is 5.62. The zero-order chi connectivity index (χ0) is 13.2. The number of rotatable bonds is 3. The van der Waals surface area contributed by atoms with Crippen LogP contribution < -0.4 is 11.1 Å².